The second-order valence-corrected chi connectivity index (χ2v) is 4.73. The lowest BCUT2D eigenvalue weighted by Gasteiger charge is -2.10. The van der Waals surface area contributed by atoms with E-state index in [2.05, 4.69) is 37.4 Å². The number of hydrogen-bond acceptors (Lipinski definition) is 2. The van der Waals surface area contributed by atoms with E-state index in [1.807, 2.05) is 12.1 Å². The molecule has 2 aromatic rings. The summed E-state index contributed by atoms with van der Waals surface area (Å²) in [5, 5.41) is 3.32. The van der Waals surface area contributed by atoms with Crippen molar-refractivity contribution in [2.75, 3.05) is 5.32 Å². The molecule has 2 rings (SSSR count). The molecule has 0 spiro atoms. The third-order valence-corrected chi connectivity index (χ3v) is 3.13. The number of aryl methyl sites for hydroxylation is 2. The Balaban J connectivity index is 2.12. The molecule has 0 aliphatic rings. The number of hydrogen-bond donors (Lipinski definition) is 2. The fraction of sp³-hybridized carbons (Fsp3) is 0.188. The molecule has 2 aromatic carbocycles. The van der Waals surface area contributed by atoms with Crippen molar-refractivity contribution < 1.29 is 4.79 Å². The van der Waals surface area contributed by atoms with Gasteiger partial charge in [0.15, 0.2) is 0 Å². The lowest BCUT2D eigenvalue weighted by molar-refractivity contribution is 0.100. The van der Waals surface area contributed by atoms with Crippen LogP contribution in [0.4, 0.5) is 5.69 Å². The van der Waals surface area contributed by atoms with E-state index >= 15 is 0 Å². The van der Waals surface area contributed by atoms with Crippen molar-refractivity contribution in [1.29, 1.82) is 0 Å². The highest BCUT2D eigenvalue weighted by Gasteiger charge is 2.02. The van der Waals surface area contributed by atoms with Gasteiger partial charge in [-0.25, -0.2) is 0 Å². The van der Waals surface area contributed by atoms with Gasteiger partial charge in [-0.1, -0.05) is 29.8 Å². The van der Waals surface area contributed by atoms with E-state index in [1.54, 1.807) is 12.1 Å². The van der Waals surface area contributed by atoms with E-state index in [4.69, 9.17) is 5.73 Å². The summed E-state index contributed by atoms with van der Waals surface area (Å²) >= 11 is 0. The van der Waals surface area contributed by atoms with Gasteiger partial charge in [0.1, 0.15) is 0 Å². The molecule has 0 radical (unpaired) electrons. The maximum absolute atomic E-state index is 11.1. The van der Waals surface area contributed by atoms with Crippen LogP contribution in [0.5, 0.6) is 0 Å². The summed E-state index contributed by atoms with van der Waals surface area (Å²) in [4.78, 5) is 11.1. The average molecular weight is 254 g/mol. The Kier molecular flexibility index (Phi) is 3.85. The summed E-state index contributed by atoms with van der Waals surface area (Å²) in [5.41, 5.74) is 10.4. The van der Waals surface area contributed by atoms with Gasteiger partial charge >= 0.3 is 0 Å². The van der Waals surface area contributed by atoms with Crippen molar-refractivity contribution in [1.82, 2.24) is 0 Å². The first-order valence-electron chi connectivity index (χ1n) is 6.26. The molecule has 1 amide bonds. The molecule has 98 valence electrons. The second kappa shape index (κ2) is 5.57. The van der Waals surface area contributed by atoms with Gasteiger partial charge in [0.2, 0.25) is 5.91 Å². The van der Waals surface area contributed by atoms with E-state index in [0.29, 0.717) is 5.56 Å². The molecule has 3 nitrogen and oxygen atoms in total. The molecular weight excluding hydrogens is 236 g/mol. The van der Waals surface area contributed by atoms with Crippen LogP contribution >= 0.6 is 0 Å². The van der Waals surface area contributed by atoms with Crippen LogP contribution in [0.15, 0.2) is 42.5 Å². The quantitative estimate of drug-likeness (QED) is 0.881. The molecule has 0 atom stereocenters. The van der Waals surface area contributed by atoms with E-state index < -0.39 is 5.91 Å². The molecule has 0 heterocycles. The highest BCUT2D eigenvalue weighted by Crippen LogP contribution is 2.15. The van der Waals surface area contributed by atoms with Crippen molar-refractivity contribution in [2.45, 2.75) is 20.4 Å². The average Bonchev–Trinajstić information content (AvgIpc) is 2.40. The third kappa shape index (κ3) is 3.35. The zero-order chi connectivity index (χ0) is 13.8. The Labute approximate surface area is 113 Å². The lowest BCUT2D eigenvalue weighted by Crippen LogP contribution is -2.11. The number of amides is 1. The summed E-state index contributed by atoms with van der Waals surface area (Å²) in [7, 11) is 0. The fourth-order valence-corrected chi connectivity index (χ4v) is 1.97. The highest BCUT2D eigenvalue weighted by atomic mass is 16.1. The Morgan fingerprint density at radius 1 is 1.16 bits per heavy atom. The number of rotatable bonds is 4. The first kappa shape index (κ1) is 13.1. The van der Waals surface area contributed by atoms with Crippen molar-refractivity contribution in [3.8, 4) is 0 Å². The second-order valence-electron chi connectivity index (χ2n) is 4.73. The van der Waals surface area contributed by atoms with E-state index in [0.717, 1.165) is 12.2 Å². The van der Waals surface area contributed by atoms with Gasteiger partial charge in [0.05, 0.1) is 0 Å². The highest BCUT2D eigenvalue weighted by molar-refractivity contribution is 5.93. The van der Waals surface area contributed by atoms with Gasteiger partial charge in [0, 0.05) is 17.8 Å². The molecular formula is C16H18N2O. The van der Waals surface area contributed by atoms with E-state index in [1.165, 1.54) is 16.7 Å². The normalized spacial score (nSPS) is 10.2. The van der Waals surface area contributed by atoms with Gasteiger partial charge in [-0.05, 0) is 43.2 Å². The maximum atomic E-state index is 11.1. The predicted octanol–water partition coefficient (Wildman–Crippen LogP) is 3.01. The molecule has 0 saturated heterocycles. The summed E-state index contributed by atoms with van der Waals surface area (Å²) in [6, 6.07) is 13.6. The molecule has 19 heavy (non-hydrogen) atoms. The van der Waals surface area contributed by atoms with Crippen LogP contribution in [0.2, 0.25) is 0 Å². The summed E-state index contributed by atoms with van der Waals surface area (Å²) in [6.45, 7) is 4.91. The fourth-order valence-electron chi connectivity index (χ4n) is 1.97. The first-order chi connectivity index (χ1) is 9.06. The molecule has 0 fully saturated rings. The zero-order valence-corrected chi connectivity index (χ0v) is 11.2. The molecule has 3 heteroatoms. The van der Waals surface area contributed by atoms with Gasteiger partial charge in [-0.3, -0.25) is 4.79 Å². The van der Waals surface area contributed by atoms with Crippen molar-refractivity contribution in [2.24, 2.45) is 5.73 Å². The van der Waals surface area contributed by atoms with Crippen LogP contribution in [0.25, 0.3) is 0 Å². The Morgan fingerprint density at radius 3 is 2.68 bits per heavy atom. The molecule has 0 unspecified atom stereocenters. The van der Waals surface area contributed by atoms with Crippen molar-refractivity contribution >= 4 is 11.6 Å². The Bertz CT molecular complexity index is 605. The van der Waals surface area contributed by atoms with Crippen LogP contribution in [0.3, 0.4) is 0 Å². The van der Waals surface area contributed by atoms with E-state index in [-0.39, 0.29) is 0 Å². The minimum absolute atomic E-state index is 0.407. The monoisotopic (exact) mass is 254 g/mol. The van der Waals surface area contributed by atoms with Crippen LogP contribution in [0, 0.1) is 13.8 Å². The molecule has 0 aliphatic heterocycles. The Hall–Kier alpha value is -2.29. The van der Waals surface area contributed by atoms with Crippen LogP contribution < -0.4 is 11.1 Å². The molecule has 0 aliphatic carbocycles. The lowest BCUT2D eigenvalue weighted by atomic mass is 10.1. The number of carbonyl (C=O) groups is 1. The number of nitrogens with two attached hydrogens (primary N) is 1. The number of carbonyl (C=O) groups excluding carboxylic acids is 1. The van der Waals surface area contributed by atoms with E-state index in [9.17, 15) is 4.79 Å². The van der Waals surface area contributed by atoms with Gasteiger partial charge in [0.25, 0.3) is 0 Å². The minimum Gasteiger partial charge on any atom is -0.381 e. The van der Waals surface area contributed by atoms with Crippen molar-refractivity contribution in [3.05, 3.63) is 64.7 Å². The van der Waals surface area contributed by atoms with Gasteiger partial charge in [-0.15, -0.1) is 0 Å². The molecule has 0 saturated carbocycles. The van der Waals surface area contributed by atoms with Gasteiger partial charge in [-0.2, -0.15) is 0 Å². The SMILES string of the molecule is Cc1ccc(C)c(CNc2cccc(C(N)=O)c2)c1. The largest absolute Gasteiger partial charge is 0.381 e. The van der Waals surface area contributed by atoms with Crippen molar-refractivity contribution in [3.63, 3.8) is 0 Å². The first-order valence-corrected chi connectivity index (χ1v) is 6.26. The van der Waals surface area contributed by atoms with Crippen LogP contribution in [-0.4, -0.2) is 5.91 Å². The summed E-state index contributed by atoms with van der Waals surface area (Å²) < 4.78 is 0. The third-order valence-electron chi connectivity index (χ3n) is 3.13. The molecule has 0 bridgehead atoms. The number of anilines is 1. The standard InChI is InChI=1S/C16H18N2O/c1-11-6-7-12(2)14(8-11)10-18-15-5-3-4-13(9-15)16(17)19/h3-9,18H,10H2,1-2H3,(H2,17,19). The Morgan fingerprint density at radius 2 is 1.95 bits per heavy atom. The van der Waals surface area contributed by atoms with Crippen LogP contribution in [0.1, 0.15) is 27.0 Å². The molecule has 3 N–H and O–H groups in total. The summed E-state index contributed by atoms with van der Waals surface area (Å²) in [5.74, 6) is -0.407. The molecule has 0 aromatic heterocycles. The predicted molar refractivity (Wildman–Crippen MR) is 78.2 cm³/mol. The maximum Gasteiger partial charge on any atom is 0.248 e. The topological polar surface area (TPSA) is 55.1 Å². The zero-order valence-electron chi connectivity index (χ0n) is 11.2. The minimum atomic E-state index is -0.407. The number of nitrogens with one attached hydrogen (secondary N) is 1. The number of primary amides is 1. The smallest absolute Gasteiger partial charge is 0.248 e. The number of benzene rings is 2. The summed E-state index contributed by atoms with van der Waals surface area (Å²) in [6.07, 6.45) is 0. The van der Waals surface area contributed by atoms with Crippen LogP contribution in [-0.2, 0) is 6.54 Å². The van der Waals surface area contributed by atoms with Gasteiger partial charge < -0.3 is 11.1 Å².